The van der Waals surface area contributed by atoms with Gasteiger partial charge in [0.2, 0.25) is 5.91 Å². The Morgan fingerprint density at radius 1 is 1.15 bits per heavy atom. The minimum absolute atomic E-state index is 0.225. The number of nitrogens with one attached hydrogen (secondary N) is 1. The third-order valence-electron chi connectivity index (χ3n) is 4.12. The number of nitrogens with two attached hydrogens (primary N) is 1. The molecule has 3 rings (SSSR count). The summed E-state index contributed by atoms with van der Waals surface area (Å²) < 4.78 is 5.20. The Hall–Kier alpha value is -3.41. The second-order valence-corrected chi connectivity index (χ2v) is 5.93. The molecule has 0 bridgehead atoms. The van der Waals surface area contributed by atoms with Crippen LogP contribution in [0.1, 0.15) is 32.0 Å². The van der Waals surface area contributed by atoms with Gasteiger partial charge in [0.15, 0.2) is 0 Å². The number of ether oxygens (including phenoxy) is 1. The van der Waals surface area contributed by atoms with E-state index in [1.54, 1.807) is 32.2 Å². The molecule has 0 saturated heterocycles. The van der Waals surface area contributed by atoms with Gasteiger partial charge in [0.1, 0.15) is 5.75 Å². The first-order valence-corrected chi connectivity index (χ1v) is 8.10. The Labute approximate surface area is 151 Å². The predicted octanol–water partition coefficient (Wildman–Crippen LogP) is 2.58. The summed E-state index contributed by atoms with van der Waals surface area (Å²) in [5, 5.41) is 3.71. The van der Waals surface area contributed by atoms with Crippen molar-refractivity contribution in [2.45, 2.75) is 13.5 Å². The topological polar surface area (TPSA) is 94.3 Å². The van der Waals surface area contributed by atoms with E-state index in [2.05, 4.69) is 10.3 Å². The van der Waals surface area contributed by atoms with Crippen molar-refractivity contribution in [3.8, 4) is 5.75 Å². The number of aryl methyl sites for hydroxylation is 1. The van der Waals surface area contributed by atoms with Crippen LogP contribution in [0.5, 0.6) is 5.75 Å². The molecule has 0 saturated carbocycles. The average Bonchev–Trinajstić information content (AvgIpc) is 2.65. The van der Waals surface area contributed by atoms with Gasteiger partial charge in [0, 0.05) is 23.6 Å². The molecule has 6 nitrogen and oxygen atoms in total. The zero-order valence-electron chi connectivity index (χ0n) is 14.6. The molecule has 1 aromatic heterocycles. The summed E-state index contributed by atoms with van der Waals surface area (Å²) in [5.41, 5.74) is 8.40. The van der Waals surface area contributed by atoms with Crippen LogP contribution in [0.2, 0.25) is 0 Å². The first kappa shape index (κ1) is 17.4. The number of aromatic nitrogens is 1. The van der Waals surface area contributed by atoms with Crippen LogP contribution in [0.15, 0.2) is 48.5 Å². The third-order valence-corrected chi connectivity index (χ3v) is 4.12. The maximum absolute atomic E-state index is 12.6. The van der Waals surface area contributed by atoms with Crippen molar-refractivity contribution >= 4 is 22.7 Å². The van der Waals surface area contributed by atoms with Crippen LogP contribution >= 0.6 is 0 Å². The van der Waals surface area contributed by atoms with E-state index >= 15 is 0 Å². The Bertz CT molecular complexity index is 999. The molecule has 0 unspecified atom stereocenters. The quantitative estimate of drug-likeness (QED) is 0.740. The molecule has 6 heteroatoms. The number of hydrogen-bond donors (Lipinski definition) is 2. The first-order chi connectivity index (χ1) is 12.5. The van der Waals surface area contributed by atoms with Crippen LogP contribution in [0, 0.1) is 6.92 Å². The molecule has 2 aromatic carbocycles. The smallest absolute Gasteiger partial charge is 0.253 e. The fourth-order valence-electron chi connectivity index (χ4n) is 2.71. The molecule has 0 aliphatic carbocycles. The van der Waals surface area contributed by atoms with Crippen LogP contribution in [0.25, 0.3) is 10.9 Å². The van der Waals surface area contributed by atoms with Gasteiger partial charge in [-0.15, -0.1) is 0 Å². The lowest BCUT2D eigenvalue weighted by Crippen LogP contribution is -2.24. The van der Waals surface area contributed by atoms with Crippen molar-refractivity contribution in [1.29, 1.82) is 0 Å². The van der Waals surface area contributed by atoms with Gasteiger partial charge in [-0.25, -0.2) is 0 Å². The Balaban J connectivity index is 1.80. The van der Waals surface area contributed by atoms with E-state index in [1.165, 1.54) is 0 Å². The Kier molecular flexibility index (Phi) is 4.84. The number of pyridine rings is 1. The van der Waals surface area contributed by atoms with Gasteiger partial charge in [-0.2, -0.15) is 0 Å². The van der Waals surface area contributed by atoms with Gasteiger partial charge in [-0.05, 0) is 42.8 Å². The van der Waals surface area contributed by atoms with Gasteiger partial charge in [0.05, 0.1) is 23.9 Å². The Morgan fingerprint density at radius 3 is 2.69 bits per heavy atom. The molecule has 3 N–H and O–H groups in total. The van der Waals surface area contributed by atoms with Crippen LogP contribution in [-0.4, -0.2) is 23.9 Å². The zero-order chi connectivity index (χ0) is 18.7. The monoisotopic (exact) mass is 349 g/mol. The van der Waals surface area contributed by atoms with Crippen molar-refractivity contribution in [2.75, 3.05) is 7.11 Å². The number of primary amides is 1. The lowest BCUT2D eigenvalue weighted by atomic mass is 10.1. The zero-order valence-corrected chi connectivity index (χ0v) is 14.6. The molecule has 2 amide bonds. The van der Waals surface area contributed by atoms with Gasteiger partial charge in [-0.1, -0.05) is 12.1 Å². The molecule has 3 aromatic rings. The van der Waals surface area contributed by atoms with Crippen LogP contribution < -0.4 is 15.8 Å². The standard InChI is InChI=1S/C20H19N3O3/c1-12-17(9-14-6-7-16(26-2)10-18(14)23-12)20(25)22-11-13-4-3-5-15(8-13)19(21)24/h3-10H,11H2,1-2H3,(H2,21,24)(H,22,25). The summed E-state index contributed by atoms with van der Waals surface area (Å²) in [6.07, 6.45) is 0. The SMILES string of the molecule is COc1ccc2cc(C(=O)NCc3cccc(C(N)=O)c3)c(C)nc2c1. The third kappa shape index (κ3) is 3.64. The number of carbonyl (C=O) groups is 2. The molecule has 132 valence electrons. The van der Waals surface area contributed by atoms with Crippen molar-refractivity contribution in [1.82, 2.24) is 10.3 Å². The highest BCUT2D eigenvalue weighted by molar-refractivity contribution is 5.98. The molecule has 1 heterocycles. The van der Waals surface area contributed by atoms with E-state index in [4.69, 9.17) is 10.5 Å². The van der Waals surface area contributed by atoms with E-state index < -0.39 is 5.91 Å². The number of nitrogens with zero attached hydrogens (tertiary/aromatic N) is 1. The maximum Gasteiger partial charge on any atom is 0.253 e. The highest BCUT2D eigenvalue weighted by Gasteiger charge is 2.12. The molecule has 0 aliphatic heterocycles. The maximum atomic E-state index is 12.6. The summed E-state index contributed by atoms with van der Waals surface area (Å²) in [6, 6.07) is 14.2. The first-order valence-electron chi connectivity index (χ1n) is 8.10. The normalized spacial score (nSPS) is 10.5. The number of hydrogen-bond acceptors (Lipinski definition) is 4. The minimum atomic E-state index is -0.497. The fraction of sp³-hybridized carbons (Fsp3) is 0.150. The summed E-state index contributed by atoms with van der Waals surface area (Å²) in [4.78, 5) is 28.3. The van der Waals surface area contributed by atoms with Gasteiger partial charge in [-0.3, -0.25) is 14.6 Å². The molecule has 0 aliphatic rings. The molecule has 0 spiro atoms. The van der Waals surface area contributed by atoms with Crippen molar-refractivity contribution in [3.63, 3.8) is 0 Å². The van der Waals surface area contributed by atoms with E-state index in [1.807, 2.05) is 30.3 Å². The number of methoxy groups -OCH3 is 1. The summed E-state index contributed by atoms with van der Waals surface area (Å²) in [7, 11) is 1.60. The highest BCUT2D eigenvalue weighted by Crippen LogP contribution is 2.21. The second-order valence-electron chi connectivity index (χ2n) is 5.93. The van der Waals surface area contributed by atoms with E-state index in [-0.39, 0.29) is 5.91 Å². The molecule has 26 heavy (non-hydrogen) atoms. The largest absolute Gasteiger partial charge is 0.497 e. The number of rotatable bonds is 5. The second kappa shape index (κ2) is 7.23. The van der Waals surface area contributed by atoms with E-state index in [0.717, 1.165) is 22.2 Å². The van der Waals surface area contributed by atoms with Crippen LogP contribution in [0.4, 0.5) is 0 Å². The van der Waals surface area contributed by atoms with Gasteiger partial charge >= 0.3 is 0 Å². The fourth-order valence-corrected chi connectivity index (χ4v) is 2.71. The van der Waals surface area contributed by atoms with Crippen molar-refractivity contribution < 1.29 is 14.3 Å². The minimum Gasteiger partial charge on any atom is -0.497 e. The lowest BCUT2D eigenvalue weighted by molar-refractivity contribution is 0.0949. The van der Waals surface area contributed by atoms with Gasteiger partial charge < -0.3 is 15.8 Å². The van der Waals surface area contributed by atoms with E-state index in [0.29, 0.717) is 23.4 Å². The molecule has 0 radical (unpaired) electrons. The van der Waals surface area contributed by atoms with Gasteiger partial charge in [0.25, 0.3) is 5.91 Å². The van der Waals surface area contributed by atoms with Crippen LogP contribution in [0.3, 0.4) is 0 Å². The number of amides is 2. The molecular formula is C20H19N3O3. The lowest BCUT2D eigenvalue weighted by Gasteiger charge is -2.10. The van der Waals surface area contributed by atoms with Crippen molar-refractivity contribution in [2.24, 2.45) is 5.73 Å². The van der Waals surface area contributed by atoms with Crippen LogP contribution in [-0.2, 0) is 6.54 Å². The van der Waals surface area contributed by atoms with Crippen molar-refractivity contribution in [3.05, 3.63) is 70.9 Å². The molecule has 0 fully saturated rings. The predicted molar refractivity (Wildman–Crippen MR) is 99.2 cm³/mol. The Morgan fingerprint density at radius 2 is 1.96 bits per heavy atom. The average molecular weight is 349 g/mol. The summed E-state index contributed by atoms with van der Waals surface area (Å²) in [6.45, 7) is 2.08. The van der Waals surface area contributed by atoms with E-state index in [9.17, 15) is 9.59 Å². The molecular weight excluding hydrogens is 330 g/mol. The molecule has 0 atom stereocenters. The number of carbonyl (C=O) groups excluding carboxylic acids is 2. The number of fused-ring (bicyclic) bond motifs is 1. The summed E-state index contributed by atoms with van der Waals surface area (Å²) in [5.74, 6) is -0.00342. The summed E-state index contributed by atoms with van der Waals surface area (Å²) >= 11 is 0. The number of benzene rings is 2. The highest BCUT2D eigenvalue weighted by atomic mass is 16.5.